The van der Waals surface area contributed by atoms with Gasteiger partial charge in [-0.1, -0.05) is 11.6 Å². The van der Waals surface area contributed by atoms with Crippen LogP contribution in [-0.2, 0) is 6.61 Å². The number of nitrogen functional groups attached to an aromatic ring is 1. The predicted octanol–water partition coefficient (Wildman–Crippen LogP) is 2.31. The third-order valence-corrected chi connectivity index (χ3v) is 1.81. The minimum Gasteiger partial charge on any atom is -0.405 e. The summed E-state index contributed by atoms with van der Waals surface area (Å²) in [5.74, 6) is -0.588. The van der Waals surface area contributed by atoms with Crippen LogP contribution in [0.15, 0.2) is 12.1 Å². The number of benzene rings is 1. The Bertz CT molecular complexity index is 368. The van der Waals surface area contributed by atoms with Crippen molar-refractivity contribution in [1.29, 1.82) is 0 Å². The van der Waals surface area contributed by atoms with Gasteiger partial charge >= 0.3 is 6.36 Å². The van der Waals surface area contributed by atoms with Gasteiger partial charge in [0, 0.05) is 16.3 Å². The summed E-state index contributed by atoms with van der Waals surface area (Å²) >= 11 is 5.50. The molecule has 0 bridgehead atoms. The summed E-state index contributed by atoms with van der Waals surface area (Å²) in [4.78, 5) is 0. The van der Waals surface area contributed by atoms with Crippen molar-refractivity contribution in [2.75, 3.05) is 5.73 Å². The van der Waals surface area contributed by atoms with Crippen LogP contribution in [-0.4, -0.2) is 11.5 Å². The molecule has 15 heavy (non-hydrogen) atoms. The SMILES string of the molecule is Nc1cc(Cl)cc(OC(F)(F)F)c1CO. The largest absolute Gasteiger partial charge is 0.573 e. The number of ether oxygens (including phenoxy) is 1. The molecule has 0 fully saturated rings. The van der Waals surface area contributed by atoms with Crippen LogP contribution < -0.4 is 10.5 Å². The molecule has 0 spiro atoms. The molecule has 0 unspecified atom stereocenters. The lowest BCUT2D eigenvalue weighted by Crippen LogP contribution is -2.18. The molecular formula is C8H7ClF3NO2. The molecule has 0 radical (unpaired) electrons. The van der Waals surface area contributed by atoms with E-state index in [0.29, 0.717) is 0 Å². The summed E-state index contributed by atoms with van der Waals surface area (Å²) in [6.07, 6.45) is -4.85. The van der Waals surface area contributed by atoms with E-state index in [-0.39, 0.29) is 16.3 Å². The molecule has 3 N–H and O–H groups in total. The molecule has 0 atom stereocenters. The number of hydrogen-bond donors (Lipinski definition) is 2. The number of nitrogens with two attached hydrogens (primary N) is 1. The van der Waals surface area contributed by atoms with Crippen molar-refractivity contribution in [3.63, 3.8) is 0 Å². The molecule has 0 aliphatic rings. The molecule has 7 heteroatoms. The molecule has 0 aliphatic heterocycles. The van der Waals surface area contributed by atoms with E-state index in [1.54, 1.807) is 0 Å². The molecule has 1 rings (SSSR count). The van der Waals surface area contributed by atoms with Crippen LogP contribution >= 0.6 is 11.6 Å². The molecule has 0 aliphatic carbocycles. The highest BCUT2D eigenvalue weighted by Crippen LogP contribution is 2.33. The molecule has 1 aromatic carbocycles. The average Bonchev–Trinajstić information content (AvgIpc) is 1.99. The monoisotopic (exact) mass is 241 g/mol. The fraction of sp³-hybridized carbons (Fsp3) is 0.250. The number of alkyl halides is 3. The number of rotatable bonds is 2. The van der Waals surface area contributed by atoms with Crippen LogP contribution in [0.1, 0.15) is 5.56 Å². The van der Waals surface area contributed by atoms with Crippen LogP contribution in [0.25, 0.3) is 0 Å². The second-order valence-corrected chi connectivity index (χ2v) is 3.11. The highest BCUT2D eigenvalue weighted by Gasteiger charge is 2.32. The third kappa shape index (κ3) is 3.17. The summed E-state index contributed by atoms with van der Waals surface area (Å²) in [6.45, 7) is -0.658. The van der Waals surface area contributed by atoms with E-state index in [1.165, 1.54) is 6.07 Å². The highest BCUT2D eigenvalue weighted by atomic mass is 35.5. The van der Waals surface area contributed by atoms with Gasteiger partial charge in [0.1, 0.15) is 5.75 Å². The molecule has 0 amide bonds. The van der Waals surface area contributed by atoms with E-state index < -0.39 is 18.7 Å². The van der Waals surface area contributed by atoms with Gasteiger partial charge in [-0.15, -0.1) is 13.2 Å². The van der Waals surface area contributed by atoms with Crippen molar-refractivity contribution >= 4 is 17.3 Å². The first kappa shape index (κ1) is 11.9. The zero-order valence-electron chi connectivity index (χ0n) is 7.31. The van der Waals surface area contributed by atoms with E-state index in [4.69, 9.17) is 22.4 Å². The normalized spacial score (nSPS) is 11.5. The van der Waals surface area contributed by atoms with Gasteiger partial charge in [0.25, 0.3) is 0 Å². The molecule has 0 aromatic heterocycles. The van der Waals surface area contributed by atoms with Crippen molar-refractivity contribution in [2.24, 2.45) is 0 Å². The van der Waals surface area contributed by atoms with E-state index in [9.17, 15) is 13.2 Å². The second-order valence-electron chi connectivity index (χ2n) is 2.68. The third-order valence-electron chi connectivity index (χ3n) is 1.59. The minimum absolute atomic E-state index is 0.00366. The van der Waals surface area contributed by atoms with Gasteiger partial charge in [-0.05, 0) is 12.1 Å². The summed E-state index contributed by atoms with van der Waals surface area (Å²) in [7, 11) is 0. The summed E-state index contributed by atoms with van der Waals surface area (Å²) < 4.78 is 39.5. The van der Waals surface area contributed by atoms with E-state index in [0.717, 1.165) is 6.07 Å². The zero-order valence-corrected chi connectivity index (χ0v) is 8.06. The summed E-state index contributed by atoms with van der Waals surface area (Å²) in [6, 6.07) is 2.17. The van der Waals surface area contributed by atoms with Gasteiger partial charge in [-0.3, -0.25) is 0 Å². The lowest BCUT2D eigenvalue weighted by molar-refractivity contribution is -0.275. The van der Waals surface area contributed by atoms with Crippen LogP contribution in [0.4, 0.5) is 18.9 Å². The number of aliphatic hydroxyl groups excluding tert-OH is 1. The Morgan fingerprint density at radius 1 is 1.40 bits per heavy atom. The minimum atomic E-state index is -4.85. The predicted molar refractivity (Wildman–Crippen MR) is 48.5 cm³/mol. The number of aliphatic hydroxyl groups is 1. The van der Waals surface area contributed by atoms with Gasteiger partial charge in [-0.25, -0.2) is 0 Å². The maximum absolute atomic E-state index is 11.9. The molecule has 0 saturated carbocycles. The Morgan fingerprint density at radius 3 is 2.47 bits per heavy atom. The first-order valence-corrected chi connectivity index (χ1v) is 4.16. The Hall–Kier alpha value is -1.14. The quantitative estimate of drug-likeness (QED) is 0.782. The Morgan fingerprint density at radius 2 is 2.00 bits per heavy atom. The van der Waals surface area contributed by atoms with Crippen molar-refractivity contribution in [3.05, 3.63) is 22.7 Å². The smallest absolute Gasteiger partial charge is 0.405 e. The van der Waals surface area contributed by atoms with E-state index in [2.05, 4.69) is 4.74 Å². The topological polar surface area (TPSA) is 55.5 Å². The number of anilines is 1. The maximum atomic E-state index is 11.9. The van der Waals surface area contributed by atoms with Gasteiger partial charge in [-0.2, -0.15) is 0 Å². The molecule has 84 valence electrons. The van der Waals surface area contributed by atoms with Gasteiger partial charge < -0.3 is 15.6 Å². The van der Waals surface area contributed by atoms with E-state index in [1.807, 2.05) is 0 Å². The van der Waals surface area contributed by atoms with E-state index >= 15 is 0 Å². The van der Waals surface area contributed by atoms with Crippen LogP contribution in [0.3, 0.4) is 0 Å². The average molecular weight is 242 g/mol. The number of halogens is 4. The van der Waals surface area contributed by atoms with Gasteiger partial charge in [0.05, 0.1) is 6.61 Å². The lowest BCUT2D eigenvalue weighted by Gasteiger charge is -2.14. The van der Waals surface area contributed by atoms with Crippen molar-refractivity contribution in [3.8, 4) is 5.75 Å². The van der Waals surface area contributed by atoms with Crippen molar-refractivity contribution in [2.45, 2.75) is 13.0 Å². The second kappa shape index (κ2) is 4.16. The standard InChI is InChI=1S/C8H7ClF3NO2/c9-4-1-6(13)5(3-14)7(2-4)15-8(10,11)12/h1-2,14H,3,13H2. The lowest BCUT2D eigenvalue weighted by atomic mass is 10.1. The first-order chi connectivity index (χ1) is 6.83. The highest BCUT2D eigenvalue weighted by molar-refractivity contribution is 6.31. The Kier molecular flexibility index (Phi) is 3.31. The molecule has 0 heterocycles. The Balaban J connectivity index is 3.15. The number of hydrogen-bond acceptors (Lipinski definition) is 3. The fourth-order valence-electron chi connectivity index (χ4n) is 1.02. The van der Waals surface area contributed by atoms with Crippen LogP contribution in [0, 0.1) is 0 Å². The van der Waals surface area contributed by atoms with Crippen LogP contribution in [0.2, 0.25) is 5.02 Å². The van der Waals surface area contributed by atoms with Gasteiger partial charge in [0.2, 0.25) is 0 Å². The Labute approximate surface area is 88.2 Å². The molecule has 1 aromatic rings. The summed E-state index contributed by atoms with van der Waals surface area (Å²) in [5, 5.41) is 8.82. The van der Waals surface area contributed by atoms with Gasteiger partial charge in [0.15, 0.2) is 0 Å². The maximum Gasteiger partial charge on any atom is 0.573 e. The van der Waals surface area contributed by atoms with Crippen LogP contribution in [0.5, 0.6) is 5.75 Å². The van der Waals surface area contributed by atoms with Crippen molar-refractivity contribution in [1.82, 2.24) is 0 Å². The summed E-state index contributed by atoms with van der Waals surface area (Å²) in [5.41, 5.74) is 5.17. The fourth-order valence-corrected chi connectivity index (χ4v) is 1.23. The van der Waals surface area contributed by atoms with Crippen molar-refractivity contribution < 1.29 is 23.0 Å². The first-order valence-electron chi connectivity index (χ1n) is 3.78. The molecule has 0 saturated heterocycles. The molecule has 3 nitrogen and oxygen atoms in total. The molecular weight excluding hydrogens is 235 g/mol. The zero-order chi connectivity index (χ0) is 11.6.